The zero-order chi connectivity index (χ0) is 14.2. The van der Waals surface area contributed by atoms with Crippen LogP contribution in [0.3, 0.4) is 0 Å². The molecule has 2 aromatic carbocycles. The van der Waals surface area contributed by atoms with Crippen molar-refractivity contribution in [2.75, 3.05) is 0 Å². The third-order valence-corrected chi connectivity index (χ3v) is 4.25. The number of hydrogen-bond acceptors (Lipinski definition) is 1. The first-order valence-corrected chi connectivity index (χ1v) is 7.18. The number of benzene rings is 2. The first kappa shape index (κ1) is 14.3. The van der Waals surface area contributed by atoms with E-state index >= 15 is 0 Å². The van der Waals surface area contributed by atoms with Crippen molar-refractivity contribution in [3.8, 4) is 0 Å². The highest BCUT2D eigenvalue weighted by Gasteiger charge is 2.27. The first-order chi connectivity index (χ1) is 8.82. The Kier molecular flexibility index (Phi) is 3.84. The maximum atomic E-state index is 11.0. The summed E-state index contributed by atoms with van der Waals surface area (Å²) in [6.45, 7) is 8.08. The standard InChI is InChI=1S/C17H19BrO/c1-11-8-13(3)16(9-12(11)2)17(4,19)14-6-5-7-15(18)10-14/h5-10,19H,1-4H3. The van der Waals surface area contributed by atoms with Gasteiger partial charge in [0.2, 0.25) is 0 Å². The van der Waals surface area contributed by atoms with Gasteiger partial charge in [0.1, 0.15) is 5.60 Å². The SMILES string of the molecule is Cc1cc(C)c(C(C)(O)c2cccc(Br)c2)cc1C. The van der Waals surface area contributed by atoms with E-state index in [2.05, 4.69) is 41.9 Å². The van der Waals surface area contributed by atoms with Crippen LogP contribution in [0.25, 0.3) is 0 Å². The van der Waals surface area contributed by atoms with Gasteiger partial charge < -0.3 is 5.11 Å². The molecule has 0 saturated carbocycles. The van der Waals surface area contributed by atoms with Crippen molar-refractivity contribution in [1.29, 1.82) is 0 Å². The fourth-order valence-electron chi connectivity index (χ4n) is 2.43. The summed E-state index contributed by atoms with van der Waals surface area (Å²) in [6.07, 6.45) is 0. The first-order valence-electron chi connectivity index (χ1n) is 6.39. The normalized spacial score (nSPS) is 14.2. The van der Waals surface area contributed by atoms with Crippen LogP contribution in [0.2, 0.25) is 0 Å². The van der Waals surface area contributed by atoms with Crippen LogP contribution in [-0.4, -0.2) is 5.11 Å². The summed E-state index contributed by atoms with van der Waals surface area (Å²) in [5, 5.41) is 11.0. The van der Waals surface area contributed by atoms with Gasteiger partial charge >= 0.3 is 0 Å². The largest absolute Gasteiger partial charge is 0.381 e. The molecule has 0 spiro atoms. The average molecular weight is 319 g/mol. The second-order valence-electron chi connectivity index (χ2n) is 5.33. The van der Waals surface area contributed by atoms with Crippen LogP contribution in [0, 0.1) is 20.8 Å². The van der Waals surface area contributed by atoms with E-state index in [-0.39, 0.29) is 0 Å². The Morgan fingerprint density at radius 1 is 0.947 bits per heavy atom. The number of aryl methyl sites for hydroxylation is 3. The van der Waals surface area contributed by atoms with Crippen LogP contribution < -0.4 is 0 Å². The molecule has 1 nitrogen and oxygen atoms in total. The molecule has 0 aromatic heterocycles. The van der Waals surface area contributed by atoms with Crippen LogP contribution in [0.4, 0.5) is 0 Å². The minimum Gasteiger partial charge on any atom is -0.381 e. The molecule has 0 aliphatic heterocycles. The van der Waals surface area contributed by atoms with Gasteiger partial charge in [0.05, 0.1) is 0 Å². The van der Waals surface area contributed by atoms with Crippen molar-refractivity contribution in [1.82, 2.24) is 0 Å². The van der Waals surface area contributed by atoms with Gasteiger partial charge in [-0.2, -0.15) is 0 Å². The molecular weight excluding hydrogens is 300 g/mol. The Balaban J connectivity index is 2.59. The quantitative estimate of drug-likeness (QED) is 0.855. The lowest BCUT2D eigenvalue weighted by molar-refractivity contribution is 0.101. The lowest BCUT2D eigenvalue weighted by Gasteiger charge is -2.27. The van der Waals surface area contributed by atoms with Gasteiger partial charge in [0, 0.05) is 4.47 Å². The molecule has 0 bridgehead atoms. The lowest BCUT2D eigenvalue weighted by atomic mass is 9.84. The topological polar surface area (TPSA) is 20.2 Å². The van der Waals surface area contributed by atoms with E-state index in [4.69, 9.17) is 0 Å². The summed E-state index contributed by atoms with van der Waals surface area (Å²) in [7, 11) is 0. The predicted octanol–water partition coefficient (Wildman–Crippen LogP) is 4.63. The van der Waals surface area contributed by atoms with Crippen LogP contribution in [0.1, 0.15) is 34.7 Å². The second kappa shape index (κ2) is 5.10. The maximum Gasteiger partial charge on any atom is 0.112 e. The fraction of sp³-hybridized carbons (Fsp3) is 0.294. The van der Waals surface area contributed by atoms with E-state index in [9.17, 15) is 5.11 Å². The monoisotopic (exact) mass is 318 g/mol. The molecule has 2 rings (SSSR count). The van der Waals surface area contributed by atoms with Gasteiger partial charge in [0.15, 0.2) is 0 Å². The molecule has 19 heavy (non-hydrogen) atoms. The van der Waals surface area contributed by atoms with Crippen molar-refractivity contribution >= 4 is 15.9 Å². The number of rotatable bonds is 2. The molecule has 0 aliphatic rings. The highest BCUT2D eigenvalue weighted by molar-refractivity contribution is 9.10. The summed E-state index contributed by atoms with van der Waals surface area (Å²) in [6, 6.07) is 12.1. The van der Waals surface area contributed by atoms with Crippen LogP contribution in [0.15, 0.2) is 40.9 Å². The van der Waals surface area contributed by atoms with E-state index in [1.165, 1.54) is 11.1 Å². The molecule has 0 aliphatic carbocycles. The van der Waals surface area contributed by atoms with E-state index in [1.807, 2.05) is 38.1 Å². The van der Waals surface area contributed by atoms with Crippen molar-refractivity contribution < 1.29 is 5.11 Å². The Morgan fingerprint density at radius 3 is 2.21 bits per heavy atom. The predicted molar refractivity (Wildman–Crippen MR) is 83.5 cm³/mol. The smallest absolute Gasteiger partial charge is 0.112 e. The van der Waals surface area contributed by atoms with E-state index in [1.54, 1.807) is 0 Å². The Hall–Kier alpha value is -1.12. The summed E-state index contributed by atoms with van der Waals surface area (Å²) in [5.74, 6) is 0. The van der Waals surface area contributed by atoms with Crippen LogP contribution >= 0.6 is 15.9 Å². The number of aliphatic hydroxyl groups is 1. The molecule has 0 saturated heterocycles. The van der Waals surface area contributed by atoms with Crippen molar-refractivity contribution in [3.05, 3.63) is 68.7 Å². The zero-order valence-corrected chi connectivity index (χ0v) is 13.4. The molecule has 1 N–H and O–H groups in total. The maximum absolute atomic E-state index is 11.0. The average Bonchev–Trinajstić information content (AvgIpc) is 2.33. The third kappa shape index (κ3) is 2.75. The Bertz CT molecular complexity index is 615. The molecule has 1 unspecified atom stereocenters. The van der Waals surface area contributed by atoms with Crippen molar-refractivity contribution in [2.45, 2.75) is 33.3 Å². The minimum absolute atomic E-state index is 0.897. The summed E-state index contributed by atoms with van der Waals surface area (Å²) >= 11 is 3.46. The molecule has 2 aromatic rings. The Morgan fingerprint density at radius 2 is 1.58 bits per heavy atom. The van der Waals surface area contributed by atoms with Gasteiger partial charge in [-0.05, 0) is 67.6 Å². The van der Waals surface area contributed by atoms with Crippen molar-refractivity contribution in [2.24, 2.45) is 0 Å². The highest BCUT2D eigenvalue weighted by atomic mass is 79.9. The summed E-state index contributed by atoms with van der Waals surface area (Å²) < 4.78 is 0.978. The molecule has 0 heterocycles. The summed E-state index contributed by atoms with van der Waals surface area (Å²) in [4.78, 5) is 0. The molecule has 1 atom stereocenters. The molecule has 0 radical (unpaired) electrons. The molecule has 100 valence electrons. The molecule has 2 heteroatoms. The minimum atomic E-state index is -0.980. The molecule has 0 fully saturated rings. The van der Waals surface area contributed by atoms with Crippen LogP contribution in [-0.2, 0) is 5.60 Å². The molecule has 0 amide bonds. The Labute approximate surface area is 123 Å². The highest BCUT2D eigenvalue weighted by Crippen LogP contribution is 2.33. The van der Waals surface area contributed by atoms with Gasteiger partial charge in [-0.25, -0.2) is 0 Å². The van der Waals surface area contributed by atoms with Crippen LogP contribution in [0.5, 0.6) is 0 Å². The number of hydrogen-bond donors (Lipinski definition) is 1. The lowest BCUT2D eigenvalue weighted by Crippen LogP contribution is -2.24. The molecular formula is C17H19BrO. The van der Waals surface area contributed by atoms with Gasteiger partial charge in [-0.1, -0.05) is 40.2 Å². The van der Waals surface area contributed by atoms with E-state index in [0.717, 1.165) is 21.2 Å². The van der Waals surface area contributed by atoms with Gasteiger partial charge in [0.25, 0.3) is 0 Å². The van der Waals surface area contributed by atoms with Gasteiger partial charge in [-0.3, -0.25) is 0 Å². The van der Waals surface area contributed by atoms with E-state index < -0.39 is 5.60 Å². The number of halogens is 1. The van der Waals surface area contributed by atoms with Gasteiger partial charge in [-0.15, -0.1) is 0 Å². The summed E-state index contributed by atoms with van der Waals surface area (Å²) in [5.41, 5.74) is 4.46. The second-order valence-corrected chi connectivity index (χ2v) is 6.25. The van der Waals surface area contributed by atoms with E-state index in [0.29, 0.717) is 0 Å². The third-order valence-electron chi connectivity index (χ3n) is 3.75. The zero-order valence-electron chi connectivity index (χ0n) is 11.8. The van der Waals surface area contributed by atoms with Crippen molar-refractivity contribution in [3.63, 3.8) is 0 Å². The fourth-order valence-corrected chi connectivity index (χ4v) is 2.83.